The molecule has 0 aliphatic rings. The minimum atomic E-state index is -0.134. The Kier molecular flexibility index (Phi) is 1.54. The van der Waals surface area contributed by atoms with Crippen LogP contribution in [-0.4, -0.2) is 14.6 Å². The maximum absolute atomic E-state index is 11.3. The molecule has 12 heavy (non-hydrogen) atoms. The van der Waals surface area contributed by atoms with Gasteiger partial charge in [0.1, 0.15) is 11.8 Å². The molecule has 62 valence electrons. The number of aromatic amines is 1. The van der Waals surface area contributed by atoms with E-state index in [1.54, 1.807) is 10.7 Å². The quantitative estimate of drug-likeness (QED) is 0.733. The molecule has 2 heterocycles. The summed E-state index contributed by atoms with van der Waals surface area (Å²) in [6.45, 7) is 1.91. The van der Waals surface area contributed by atoms with Gasteiger partial charge in [0.15, 0.2) is 0 Å². The SMILES string of the molecule is Cc1cn2nc[nH]c(=O)c2c1Br. The second kappa shape index (κ2) is 2.45. The number of H-pyrrole nitrogens is 1. The van der Waals surface area contributed by atoms with Crippen molar-refractivity contribution in [2.24, 2.45) is 0 Å². The molecule has 0 bridgehead atoms. The maximum atomic E-state index is 11.3. The summed E-state index contributed by atoms with van der Waals surface area (Å²) in [5.74, 6) is 0. The fourth-order valence-corrected chi connectivity index (χ4v) is 1.57. The van der Waals surface area contributed by atoms with Gasteiger partial charge in [-0.1, -0.05) is 0 Å². The average Bonchev–Trinajstić information content (AvgIpc) is 2.29. The van der Waals surface area contributed by atoms with Gasteiger partial charge in [-0.05, 0) is 28.4 Å². The Morgan fingerprint density at radius 2 is 2.42 bits per heavy atom. The first kappa shape index (κ1) is 7.54. The van der Waals surface area contributed by atoms with Crippen molar-refractivity contribution in [2.75, 3.05) is 0 Å². The number of aromatic nitrogens is 3. The van der Waals surface area contributed by atoms with E-state index in [2.05, 4.69) is 26.0 Å². The highest BCUT2D eigenvalue weighted by atomic mass is 79.9. The van der Waals surface area contributed by atoms with Crippen LogP contribution in [0.25, 0.3) is 5.52 Å². The molecule has 0 aliphatic heterocycles. The number of nitrogens with zero attached hydrogens (tertiary/aromatic N) is 2. The van der Waals surface area contributed by atoms with Gasteiger partial charge in [0.25, 0.3) is 5.56 Å². The summed E-state index contributed by atoms with van der Waals surface area (Å²) < 4.78 is 2.36. The van der Waals surface area contributed by atoms with Crippen molar-refractivity contribution >= 4 is 21.4 Å². The minimum Gasteiger partial charge on any atom is -0.310 e. The van der Waals surface area contributed by atoms with Crippen LogP contribution in [-0.2, 0) is 0 Å². The molecule has 0 aliphatic carbocycles. The Morgan fingerprint density at radius 1 is 1.67 bits per heavy atom. The van der Waals surface area contributed by atoms with Gasteiger partial charge in [0.05, 0.1) is 4.47 Å². The Morgan fingerprint density at radius 3 is 3.08 bits per heavy atom. The standard InChI is InChI=1S/C7H6BrN3O/c1-4-2-11-6(5(4)8)7(12)9-3-10-11/h2-3H,1H3,(H,9,10,12). The molecule has 0 saturated heterocycles. The number of hydrogen-bond donors (Lipinski definition) is 1. The van der Waals surface area contributed by atoms with E-state index in [-0.39, 0.29) is 5.56 Å². The highest BCUT2D eigenvalue weighted by Crippen LogP contribution is 2.19. The van der Waals surface area contributed by atoms with Crippen molar-refractivity contribution in [3.05, 3.63) is 32.9 Å². The molecule has 0 aromatic carbocycles. The zero-order valence-corrected chi connectivity index (χ0v) is 7.92. The first-order valence-corrected chi connectivity index (χ1v) is 4.20. The third-order valence-electron chi connectivity index (χ3n) is 1.69. The lowest BCUT2D eigenvalue weighted by molar-refractivity contribution is 0.886. The number of rotatable bonds is 0. The fourth-order valence-electron chi connectivity index (χ4n) is 1.10. The van der Waals surface area contributed by atoms with E-state index in [9.17, 15) is 4.79 Å². The van der Waals surface area contributed by atoms with Crippen molar-refractivity contribution < 1.29 is 0 Å². The maximum Gasteiger partial charge on any atom is 0.276 e. The van der Waals surface area contributed by atoms with Gasteiger partial charge in [0.2, 0.25) is 0 Å². The largest absolute Gasteiger partial charge is 0.310 e. The van der Waals surface area contributed by atoms with E-state index >= 15 is 0 Å². The summed E-state index contributed by atoms with van der Waals surface area (Å²) in [6.07, 6.45) is 3.18. The van der Waals surface area contributed by atoms with E-state index in [0.717, 1.165) is 10.0 Å². The first-order chi connectivity index (χ1) is 5.70. The van der Waals surface area contributed by atoms with E-state index in [1.807, 2.05) is 6.92 Å². The summed E-state index contributed by atoms with van der Waals surface area (Å²) in [5.41, 5.74) is 1.42. The Bertz CT molecular complexity index is 485. The molecular weight excluding hydrogens is 222 g/mol. The van der Waals surface area contributed by atoms with Gasteiger partial charge in [-0.15, -0.1) is 0 Å². The number of nitrogens with one attached hydrogen (secondary N) is 1. The van der Waals surface area contributed by atoms with E-state index in [1.165, 1.54) is 6.33 Å². The van der Waals surface area contributed by atoms with Crippen LogP contribution in [0.15, 0.2) is 21.8 Å². The van der Waals surface area contributed by atoms with Gasteiger partial charge in [-0.25, -0.2) is 4.52 Å². The lowest BCUT2D eigenvalue weighted by Gasteiger charge is -1.89. The molecular formula is C7H6BrN3O. The minimum absolute atomic E-state index is 0.134. The highest BCUT2D eigenvalue weighted by molar-refractivity contribution is 9.10. The van der Waals surface area contributed by atoms with E-state index in [4.69, 9.17) is 0 Å². The normalized spacial score (nSPS) is 10.8. The first-order valence-electron chi connectivity index (χ1n) is 3.41. The predicted octanol–water partition coefficient (Wildman–Crippen LogP) is 1.09. The number of fused-ring (bicyclic) bond motifs is 1. The number of halogens is 1. The molecule has 1 N–H and O–H groups in total. The van der Waals surface area contributed by atoms with Crippen LogP contribution in [0.2, 0.25) is 0 Å². The molecule has 4 nitrogen and oxygen atoms in total. The highest BCUT2D eigenvalue weighted by Gasteiger charge is 2.07. The van der Waals surface area contributed by atoms with Gasteiger partial charge >= 0.3 is 0 Å². The second-order valence-corrected chi connectivity index (χ2v) is 3.33. The van der Waals surface area contributed by atoms with Crippen LogP contribution in [0.4, 0.5) is 0 Å². The second-order valence-electron chi connectivity index (χ2n) is 2.54. The average molecular weight is 228 g/mol. The summed E-state index contributed by atoms with van der Waals surface area (Å²) in [6, 6.07) is 0. The molecule has 0 saturated carbocycles. The molecule has 0 fully saturated rings. The van der Waals surface area contributed by atoms with E-state index < -0.39 is 0 Å². The van der Waals surface area contributed by atoms with Crippen molar-refractivity contribution in [1.29, 1.82) is 0 Å². The summed E-state index contributed by atoms with van der Waals surface area (Å²) >= 11 is 3.32. The van der Waals surface area contributed by atoms with Crippen LogP contribution in [0.5, 0.6) is 0 Å². The molecule has 2 rings (SSSR count). The Hall–Kier alpha value is -1.10. The summed E-state index contributed by atoms with van der Waals surface area (Å²) in [7, 11) is 0. The number of hydrogen-bond acceptors (Lipinski definition) is 2. The van der Waals surface area contributed by atoms with Gasteiger partial charge < -0.3 is 4.98 Å². The van der Waals surface area contributed by atoms with Gasteiger partial charge in [-0.3, -0.25) is 4.79 Å². The Labute approximate surface area is 76.4 Å². The van der Waals surface area contributed by atoms with Gasteiger partial charge in [-0.2, -0.15) is 5.10 Å². The summed E-state index contributed by atoms with van der Waals surface area (Å²) in [5, 5.41) is 3.95. The third-order valence-corrected chi connectivity index (χ3v) is 2.69. The van der Waals surface area contributed by atoms with E-state index in [0.29, 0.717) is 5.52 Å². The molecule has 0 spiro atoms. The van der Waals surface area contributed by atoms with Crippen molar-refractivity contribution in [3.8, 4) is 0 Å². The third kappa shape index (κ3) is 0.896. The summed E-state index contributed by atoms with van der Waals surface area (Å²) in [4.78, 5) is 13.8. The number of aryl methyl sites for hydroxylation is 1. The van der Waals surface area contributed by atoms with Gasteiger partial charge in [0, 0.05) is 6.20 Å². The van der Waals surface area contributed by atoms with Crippen LogP contribution in [0, 0.1) is 6.92 Å². The van der Waals surface area contributed by atoms with Crippen LogP contribution >= 0.6 is 15.9 Å². The van der Waals surface area contributed by atoms with Crippen LogP contribution in [0.1, 0.15) is 5.56 Å². The predicted molar refractivity (Wildman–Crippen MR) is 48.2 cm³/mol. The molecule has 0 amide bonds. The van der Waals surface area contributed by atoms with Crippen molar-refractivity contribution in [3.63, 3.8) is 0 Å². The van der Waals surface area contributed by atoms with Crippen LogP contribution < -0.4 is 5.56 Å². The molecule has 2 aromatic rings. The van der Waals surface area contributed by atoms with Crippen LogP contribution in [0.3, 0.4) is 0 Å². The lowest BCUT2D eigenvalue weighted by atomic mass is 10.4. The van der Waals surface area contributed by atoms with Crippen molar-refractivity contribution in [2.45, 2.75) is 6.92 Å². The monoisotopic (exact) mass is 227 g/mol. The fraction of sp³-hybridized carbons (Fsp3) is 0.143. The zero-order valence-electron chi connectivity index (χ0n) is 6.34. The van der Waals surface area contributed by atoms with Crippen molar-refractivity contribution in [1.82, 2.24) is 14.6 Å². The molecule has 5 heteroatoms. The Balaban J connectivity index is 3.07. The smallest absolute Gasteiger partial charge is 0.276 e. The topological polar surface area (TPSA) is 50.2 Å². The molecule has 0 atom stereocenters. The molecule has 2 aromatic heterocycles. The zero-order chi connectivity index (χ0) is 8.72. The lowest BCUT2D eigenvalue weighted by Crippen LogP contribution is -2.09. The molecule has 0 unspecified atom stereocenters. The molecule has 0 radical (unpaired) electrons.